The van der Waals surface area contributed by atoms with Gasteiger partial charge in [0.05, 0.1) is 11.5 Å². The summed E-state index contributed by atoms with van der Waals surface area (Å²) in [6, 6.07) is 19.3. The molecule has 0 aliphatic heterocycles. The van der Waals surface area contributed by atoms with Gasteiger partial charge in [-0.2, -0.15) is 23.5 Å². The van der Waals surface area contributed by atoms with E-state index in [0.29, 0.717) is 11.5 Å². The summed E-state index contributed by atoms with van der Waals surface area (Å²) in [5.74, 6) is 2.77. The Kier molecular flexibility index (Phi) is 8.58. The van der Waals surface area contributed by atoms with Crippen LogP contribution in [-0.2, 0) is 9.59 Å². The molecule has 0 N–H and O–H groups in total. The van der Waals surface area contributed by atoms with E-state index >= 15 is 0 Å². The maximum absolute atomic E-state index is 12.2. The molecule has 2 amide bonds. The summed E-state index contributed by atoms with van der Waals surface area (Å²) in [5.41, 5.74) is 1.81. The highest BCUT2D eigenvalue weighted by Crippen LogP contribution is 2.15. The molecule has 2 aromatic carbocycles. The number of carbonyl (C=O) groups is 2. The van der Waals surface area contributed by atoms with Crippen LogP contribution < -0.4 is 9.80 Å². The Morgan fingerprint density at radius 3 is 1.38 bits per heavy atom. The number of nitrogens with zero attached hydrogens (tertiary/aromatic N) is 2. The third-order valence-corrected chi connectivity index (χ3v) is 6.00. The molecule has 0 fully saturated rings. The molecule has 0 radical (unpaired) electrons. The zero-order valence-corrected chi connectivity index (χ0v) is 16.8. The molecule has 26 heavy (non-hydrogen) atoms. The second-order valence-corrected chi connectivity index (χ2v) is 7.89. The van der Waals surface area contributed by atoms with E-state index in [1.165, 1.54) is 0 Å². The van der Waals surface area contributed by atoms with Crippen molar-refractivity contribution >= 4 is 46.7 Å². The van der Waals surface area contributed by atoms with E-state index in [1.807, 2.05) is 60.7 Å². The van der Waals surface area contributed by atoms with Gasteiger partial charge < -0.3 is 9.80 Å². The van der Waals surface area contributed by atoms with Gasteiger partial charge in [-0.1, -0.05) is 36.4 Å². The minimum atomic E-state index is 0.0890. The minimum Gasteiger partial charge on any atom is -0.315 e. The van der Waals surface area contributed by atoms with Crippen molar-refractivity contribution in [3.05, 3.63) is 60.7 Å². The van der Waals surface area contributed by atoms with Crippen molar-refractivity contribution in [1.29, 1.82) is 0 Å². The van der Waals surface area contributed by atoms with Gasteiger partial charge in [0.25, 0.3) is 0 Å². The summed E-state index contributed by atoms with van der Waals surface area (Å²) < 4.78 is 0. The summed E-state index contributed by atoms with van der Waals surface area (Å²) in [4.78, 5) is 27.7. The maximum atomic E-state index is 12.2. The Hall–Kier alpha value is -1.92. The zero-order chi connectivity index (χ0) is 18.8. The molecule has 0 aliphatic carbocycles. The molecule has 6 heteroatoms. The van der Waals surface area contributed by atoms with Crippen LogP contribution in [0, 0.1) is 0 Å². The molecule has 0 bridgehead atoms. The fourth-order valence-electron chi connectivity index (χ4n) is 2.22. The fourth-order valence-corrected chi connectivity index (χ4v) is 4.19. The Balaban J connectivity index is 1.60. The number of rotatable bonds is 9. The second-order valence-electron chi connectivity index (χ2n) is 5.68. The minimum absolute atomic E-state index is 0.0890. The van der Waals surface area contributed by atoms with Gasteiger partial charge in [0, 0.05) is 37.0 Å². The third-order valence-electron chi connectivity index (χ3n) is 3.86. The average molecular weight is 389 g/mol. The van der Waals surface area contributed by atoms with E-state index in [0.717, 1.165) is 22.9 Å². The summed E-state index contributed by atoms with van der Waals surface area (Å²) in [6.07, 6.45) is 0. The van der Waals surface area contributed by atoms with Crippen molar-refractivity contribution in [2.24, 2.45) is 0 Å². The summed E-state index contributed by atoms with van der Waals surface area (Å²) in [5, 5.41) is 0. The maximum Gasteiger partial charge on any atom is 0.236 e. The lowest BCUT2D eigenvalue weighted by Crippen LogP contribution is -2.28. The first-order valence-corrected chi connectivity index (χ1v) is 10.7. The predicted octanol–water partition coefficient (Wildman–Crippen LogP) is 3.78. The molecule has 0 spiro atoms. The van der Waals surface area contributed by atoms with Crippen LogP contribution in [0.3, 0.4) is 0 Å². The highest BCUT2D eigenvalue weighted by atomic mass is 32.2. The van der Waals surface area contributed by atoms with Crippen LogP contribution in [0.1, 0.15) is 0 Å². The Labute approximate surface area is 163 Å². The van der Waals surface area contributed by atoms with E-state index in [-0.39, 0.29) is 11.8 Å². The summed E-state index contributed by atoms with van der Waals surface area (Å²) >= 11 is 3.21. The summed E-state index contributed by atoms with van der Waals surface area (Å²) in [6.45, 7) is 0. The van der Waals surface area contributed by atoms with Crippen molar-refractivity contribution in [3.8, 4) is 0 Å². The van der Waals surface area contributed by atoms with Crippen LogP contribution in [0.4, 0.5) is 11.4 Å². The van der Waals surface area contributed by atoms with Crippen LogP contribution in [0.25, 0.3) is 0 Å². The summed E-state index contributed by atoms with van der Waals surface area (Å²) in [7, 11) is 3.59. The van der Waals surface area contributed by atoms with Crippen molar-refractivity contribution in [2.75, 3.05) is 46.9 Å². The van der Waals surface area contributed by atoms with Crippen molar-refractivity contribution in [3.63, 3.8) is 0 Å². The van der Waals surface area contributed by atoms with E-state index in [2.05, 4.69) is 0 Å². The topological polar surface area (TPSA) is 40.6 Å². The van der Waals surface area contributed by atoms with Crippen LogP contribution in [0.5, 0.6) is 0 Å². The molecule has 2 rings (SSSR count). The molecular weight excluding hydrogens is 364 g/mol. The van der Waals surface area contributed by atoms with Crippen LogP contribution in [0.2, 0.25) is 0 Å². The number of amides is 2. The average Bonchev–Trinajstić information content (AvgIpc) is 2.70. The predicted molar refractivity (Wildman–Crippen MR) is 114 cm³/mol. The third kappa shape index (κ3) is 6.42. The number of hydrogen-bond acceptors (Lipinski definition) is 4. The van der Waals surface area contributed by atoms with Gasteiger partial charge in [0.1, 0.15) is 0 Å². The molecule has 138 valence electrons. The van der Waals surface area contributed by atoms with Crippen LogP contribution in [0.15, 0.2) is 60.7 Å². The van der Waals surface area contributed by atoms with Crippen molar-refractivity contribution in [2.45, 2.75) is 0 Å². The number of anilines is 2. The van der Waals surface area contributed by atoms with E-state index in [4.69, 9.17) is 0 Å². The first kappa shape index (κ1) is 20.4. The lowest BCUT2D eigenvalue weighted by molar-refractivity contribution is -0.116. The molecular formula is C20H24N2O2S2. The molecule has 0 heterocycles. The van der Waals surface area contributed by atoms with Gasteiger partial charge in [-0.15, -0.1) is 0 Å². The van der Waals surface area contributed by atoms with Gasteiger partial charge in [-0.3, -0.25) is 9.59 Å². The molecule has 2 aromatic rings. The smallest absolute Gasteiger partial charge is 0.236 e. The molecule has 4 nitrogen and oxygen atoms in total. The number of para-hydroxylation sites is 2. The molecule has 0 unspecified atom stereocenters. The second kappa shape index (κ2) is 10.9. The molecule has 0 saturated carbocycles. The Morgan fingerprint density at radius 2 is 1.04 bits per heavy atom. The Morgan fingerprint density at radius 1 is 0.692 bits per heavy atom. The van der Waals surface area contributed by atoms with Gasteiger partial charge >= 0.3 is 0 Å². The molecule has 0 atom stereocenters. The lowest BCUT2D eigenvalue weighted by Gasteiger charge is -2.17. The van der Waals surface area contributed by atoms with E-state index in [9.17, 15) is 9.59 Å². The molecule has 0 aromatic heterocycles. The zero-order valence-electron chi connectivity index (χ0n) is 15.1. The highest BCUT2D eigenvalue weighted by Gasteiger charge is 2.12. The first-order valence-electron chi connectivity index (χ1n) is 8.38. The van der Waals surface area contributed by atoms with Crippen LogP contribution >= 0.6 is 23.5 Å². The van der Waals surface area contributed by atoms with Crippen LogP contribution in [-0.4, -0.2) is 48.9 Å². The number of carbonyl (C=O) groups excluding carboxylic acids is 2. The highest BCUT2D eigenvalue weighted by molar-refractivity contribution is 8.03. The lowest BCUT2D eigenvalue weighted by atomic mass is 10.3. The largest absolute Gasteiger partial charge is 0.315 e. The quantitative estimate of drug-likeness (QED) is 0.613. The fraction of sp³-hybridized carbons (Fsp3) is 0.300. The van der Waals surface area contributed by atoms with E-state index in [1.54, 1.807) is 47.4 Å². The van der Waals surface area contributed by atoms with Gasteiger partial charge in [-0.05, 0) is 24.3 Å². The Bertz CT molecular complexity index is 634. The normalized spacial score (nSPS) is 10.4. The standard InChI is InChI=1S/C20H24N2O2S2/c1-21(17-9-5-3-6-10-17)19(23)15-25-13-14-26-16-20(24)22(2)18-11-7-4-8-12-18/h3-12H,13-16H2,1-2H3. The number of hydrogen-bond donors (Lipinski definition) is 0. The monoisotopic (exact) mass is 388 g/mol. The number of thioether (sulfide) groups is 2. The first-order chi connectivity index (χ1) is 12.6. The number of benzene rings is 2. The SMILES string of the molecule is CN(C(=O)CSCCSCC(=O)N(C)c1ccccc1)c1ccccc1. The molecule has 0 aliphatic rings. The van der Waals surface area contributed by atoms with Gasteiger partial charge in [-0.25, -0.2) is 0 Å². The van der Waals surface area contributed by atoms with Crippen molar-refractivity contribution in [1.82, 2.24) is 0 Å². The van der Waals surface area contributed by atoms with Gasteiger partial charge in [0.15, 0.2) is 0 Å². The van der Waals surface area contributed by atoms with Crippen molar-refractivity contribution < 1.29 is 9.59 Å². The van der Waals surface area contributed by atoms with E-state index < -0.39 is 0 Å². The molecule has 0 saturated heterocycles. The van der Waals surface area contributed by atoms with Gasteiger partial charge in [0.2, 0.25) is 11.8 Å².